The van der Waals surface area contributed by atoms with Gasteiger partial charge in [-0.2, -0.15) is 18.3 Å². The van der Waals surface area contributed by atoms with Crippen LogP contribution in [0, 0.1) is 4.77 Å². The first-order valence-corrected chi connectivity index (χ1v) is 4.94. The summed E-state index contributed by atoms with van der Waals surface area (Å²) in [4.78, 5) is 0. The second-order valence-corrected chi connectivity index (χ2v) is 3.91. The molecule has 7 heteroatoms. The van der Waals surface area contributed by atoms with E-state index in [4.69, 9.17) is 12.2 Å². The van der Waals surface area contributed by atoms with Crippen LogP contribution in [0.4, 0.5) is 13.2 Å². The lowest BCUT2D eigenvalue weighted by Gasteiger charge is -2.11. The number of hydrogen-bond donors (Lipinski definition) is 1. The molecule has 0 aliphatic rings. The summed E-state index contributed by atoms with van der Waals surface area (Å²) in [5, 5.41) is 6.29. The fraction of sp³-hybridized carbons (Fsp3) is 0.750. The lowest BCUT2D eigenvalue weighted by Crippen LogP contribution is -2.13. The van der Waals surface area contributed by atoms with Crippen molar-refractivity contribution < 1.29 is 13.2 Å². The van der Waals surface area contributed by atoms with Crippen LogP contribution in [0.5, 0.6) is 0 Å². The molecule has 0 aliphatic carbocycles. The average molecular weight is 239 g/mol. The minimum atomic E-state index is -4.16. The fourth-order valence-corrected chi connectivity index (χ4v) is 1.66. The normalized spacial score (nSPS) is 12.4. The Morgan fingerprint density at radius 3 is 2.53 bits per heavy atom. The van der Waals surface area contributed by atoms with Gasteiger partial charge in [-0.1, -0.05) is 0 Å². The van der Waals surface area contributed by atoms with Crippen molar-refractivity contribution in [1.29, 1.82) is 0 Å². The van der Waals surface area contributed by atoms with Crippen molar-refractivity contribution in [1.82, 2.24) is 14.8 Å². The molecule has 0 saturated carbocycles. The van der Waals surface area contributed by atoms with Gasteiger partial charge in [-0.05, 0) is 26.1 Å². The van der Waals surface area contributed by atoms with E-state index in [1.807, 2.05) is 13.8 Å². The van der Waals surface area contributed by atoms with Crippen molar-refractivity contribution in [2.24, 2.45) is 0 Å². The molecule has 0 aromatic carbocycles. The standard InChI is InChI=1S/C8H12F3N3S/c1-5(2)14-6(12-13-7(14)15)3-4-8(9,10)11/h5H,3-4H2,1-2H3,(H,13,15). The molecule has 0 unspecified atom stereocenters. The number of aromatic amines is 1. The van der Waals surface area contributed by atoms with E-state index in [1.165, 1.54) is 0 Å². The molecule has 1 rings (SSSR count). The summed E-state index contributed by atoms with van der Waals surface area (Å²) in [6.45, 7) is 3.70. The van der Waals surface area contributed by atoms with E-state index in [9.17, 15) is 13.2 Å². The maximum Gasteiger partial charge on any atom is 0.389 e. The van der Waals surface area contributed by atoms with Gasteiger partial charge in [0, 0.05) is 12.5 Å². The Morgan fingerprint density at radius 2 is 2.07 bits per heavy atom. The van der Waals surface area contributed by atoms with Crippen LogP contribution in [0.2, 0.25) is 0 Å². The van der Waals surface area contributed by atoms with Crippen molar-refractivity contribution in [3.8, 4) is 0 Å². The molecular weight excluding hydrogens is 227 g/mol. The highest BCUT2D eigenvalue weighted by Crippen LogP contribution is 2.22. The van der Waals surface area contributed by atoms with E-state index < -0.39 is 12.6 Å². The Bertz CT molecular complexity index is 377. The van der Waals surface area contributed by atoms with E-state index in [0.29, 0.717) is 10.6 Å². The van der Waals surface area contributed by atoms with Crippen LogP contribution in [0.15, 0.2) is 0 Å². The maximum absolute atomic E-state index is 12.0. The molecule has 1 aromatic rings. The van der Waals surface area contributed by atoms with Gasteiger partial charge in [-0.3, -0.25) is 5.10 Å². The van der Waals surface area contributed by atoms with E-state index in [-0.39, 0.29) is 12.5 Å². The lowest BCUT2D eigenvalue weighted by molar-refractivity contribution is -0.134. The van der Waals surface area contributed by atoms with Crippen LogP contribution < -0.4 is 0 Å². The number of hydrogen-bond acceptors (Lipinski definition) is 2. The second kappa shape index (κ2) is 4.34. The summed E-state index contributed by atoms with van der Waals surface area (Å²) in [6.07, 6.45) is -5.18. The largest absolute Gasteiger partial charge is 0.389 e. The molecule has 0 saturated heterocycles. The molecule has 1 heterocycles. The summed E-state index contributed by atoms with van der Waals surface area (Å²) < 4.78 is 38.0. The van der Waals surface area contributed by atoms with E-state index in [1.54, 1.807) is 4.57 Å². The number of nitrogens with zero attached hydrogens (tertiary/aromatic N) is 2. The van der Waals surface area contributed by atoms with Crippen LogP contribution in [-0.2, 0) is 6.42 Å². The zero-order chi connectivity index (χ0) is 11.6. The SMILES string of the molecule is CC(C)n1c(CCC(F)(F)F)n[nH]c1=S. The smallest absolute Gasteiger partial charge is 0.302 e. The number of nitrogens with one attached hydrogen (secondary N) is 1. The zero-order valence-electron chi connectivity index (χ0n) is 8.43. The molecule has 0 radical (unpaired) electrons. The average Bonchev–Trinajstić information content (AvgIpc) is 2.42. The third kappa shape index (κ3) is 3.33. The molecule has 0 bridgehead atoms. The first kappa shape index (κ1) is 12.2. The van der Waals surface area contributed by atoms with Gasteiger partial charge in [0.2, 0.25) is 0 Å². The number of rotatable bonds is 3. The number of halogens is 3. The zero-order valence-corrected chi connectivity index (χ0v) is 9.24. The molecule has 1 aromatic heterocycles. The molecule has 0 spiro atoms. The molecule has 0 fully saturated rings. The Morgan fingerprint density at radius 1 is 1.47 bits per heavy atom. The van der Waals surface area contributed by atoms with Crippen molar-refractivity contribution in [2.75, 3.05) is 0 Å². The molecule has 86 valence electrons. The predicted octanol–water partition coefficient (Wildman–Crippen LogP) is 3.02. The van der Waals surface area contributed by atoms with Gasteiger partial charge in [-0.15, -0.1) is 0 Å². The Kier molecular flexibility index (Phi) is 3.54. The fourth-order valence-electron chi connectivity index (χ4n) is 1.30. The first-order chi connectivity index (χ1) is 6.81. The minimum Gasteiger partial charge on any atom is -0.302 e. The van der Waals surface area contributed by atoms with Crippen LogP contribution in [0.25, 0.3) is 0 Å². The van der Waals surface area contributed by atoms with Crippen LogP contribution in [-0.4, -0.2) is 20.9 Å². The van der Waals surface area contributed by atoms with Gasteiger partial charge in [0.05, 0.1) is 6.42 Å². The summed E-state index contributed by atoms with van der Waals surface area (Å²) in [7, 11) is 0. The minimum absolute atomic E-state index is 0.0134. The number of aryl methyl sites for hydroxylation is 1. The van der Waals surface area contributed by atoms with Crippen molar-refractivity contribution in [3.63, 3.8) is 0 Å². The Labute approximate surface area is 90.3 Å². The molecule has 0 aliphatic heterocycles. The Balaban J connectivity index is 2.82. The summed E-state index contributed by atoms with van der Waals surface area (Å²) in [5.41, 5.74) is 0. The van der Waals surface area contributed by atoms with Crippen molar-refractivity contribution in [3.05, 3.63) is 10.6 Å². The first-order valence-electron chi connectivity index (χ1n) is 4.54. The predicted molar refractivity (Wildman–Crippen MR) is 52.2 cm³/mol. The van der Waals surface area contributed by atoms with Gasteiger partial charge < -0.3 is 4.57 Å². The highest BCUT2D eigenvalue weighted by molar-refractivity contribution is 7.71. The van der Waals surface area contributed by atoms with Gasteiger partial charge in [0.1, 0.15) is 5.82 Å². The number of alkyl halides is 3. The number of H-pyrrole nitrogens is 1. The van der Waals surface area contributed by atoms with Crippen molar-refractivity contribution >= 4 is 12.2 Å². The molecule has 15 heavy (non-hydrogen) atoms. The highest BCUT2D eigenvalue weighted by Gasteiger charge is 2.27. The highest BCUT2D eigenvalue weighted by atomic mass is 32.1. The summed E-state index contributed by atoms with van der Waals surface area (Å²) in [6, 6.07) is 0.0134. The van der Waals surface area contributed by atoms with Crippen LogP contribution >= 0.6 is 12.2 Å². The van der Waals surface area contributed by atoms with Gasteiger partial charge in [0.15, 0.2) is 4.77 Å². The van der Waals surface area contributed by atoms with Crippen LogP contribution in [0.1, 0.15) is 32.1 Å². The van der Waals surface area contributed by atoms with E-state index >= 15 is 0 Å². The maximum atomic E-state index is 12.0. The molecule has 3 nitrogen and oxygen atoms in total. The molecule has 1 N–H and O–H groups in total. The van der Waals surface area contributed by atoms with Crippen LogP contribution in [0.3, 0.4) is 0 Å². The molecular formula is C8H12F3N3S. The van der Waals surface area contributed by atoms with Crippen molar-refractivity contribution in [2.45, 2.75) is 38.9 Å². The lowest BCUT2D eigenvalue weighted by atomic mass is 10.2. The number of aromatic nitrogens is 3. The molecule has 0 amide bonds. The summed E-state index contributed by atoms with van der Waals surface area (Å²) in [5.74, 6) is 0.354. The molecule has 0 atom stereocenters. The third-order valence-electron chi connectivity index (χ3n) is 1.93. The monoisotopic (exact) mass is 239 g/mol. The van der Waals surface area contributed by atoms with Gasteiger partial charge in [-0.25, -0.2) is 0 Å². The van der Waals surface area contributed by atoms with E-state index in [2.05, 4.69) is 10.2 Å². The van der Waals surface area contributed by atoms with E-state index in [0.717, 1.165) is 0 Å². The Hall–Kier alpha value is -0.850. The second-order valence-electron chi connectivity index (χ2n) is 3.52. The summed E-state index contributed by atoms with van der Waals surface area (Å²) >= 11 is 4.92. The third-order valence-corrected chi connectivity index (χ3v) is 2.21. The quantitative estimate of drug-likeness (QED) is 0.822. The topological polar surface area (TPSA) is 33.6 Å². The van der Waals surface area contributed by atoms with Gasteiger partial charge in [0.25, 0.3) is 0 Å². The van der Waals surface area contributed by atoms with Gasteiger partial charge >= 0.3 is 6.18 Å².